The molecule has 2 aromatic rings. The molecule has 0 bridgehead atoms. The Labute approximate surface area is 216 Å². The zero-order valence-electron chi connectivity index (χ0n) is 21.2. The quantitative estimate of drug-likeness (QED) is 0.411. The Balaban J connectivity index is 1.33. The largest absolute Gasteiger partial charge is 0.462 e. The monoisotopic (exact) mass is 508 g/mol. The number of nitrogens with zero attached hydrogens (tertiary/aromatic N) is 2. The molecule has 0 radical (unpaired) electrons. The van der Waals surface area contributed by atoms with E-state index in [0.717, 1.165) is 29.7 Å². The number of cyclic esters (lactones) is 1. The molecule has 8 heteroatoms. The second-order valence-corrected chi connectivity index (χ2v) is 10.2. The van der Waals surface area contributed by atoms with Crippen molar-refractivity contribution in [1.82, 2.24) is 9.88 Å². The molecule has 1 aromatic heterocycles. The van der Waals surface area contributed by atoms with E-state index in [2.05, 4.69) is 11.1 Å². The molecule has 1 amide bonds. The van der Waals surface area contributed by atoms with E-state index in [4.69, 9.17) is 14.2 Å². The van der Waals surface area contributed by atoms with Crippen LogP contribution in [0.2, 0.25) is 0 Å². The van der Waals surface area contributed by atoms with Crippen molar-refractivity contribution in [2.45, 2.75) is 25.9 Å². The summed E-state index contributed by atoms with van der Waals surface area (Å²) in [5.74, 6) is 0.202. The van der Waals surface area contributed by atoms with Crippen molar-refractivity contribution >= 4 is 18.1 Å². The smallest absolute Gasteiger partial charge is 0.409 e. The van der Waals surface area contributed by atoms with E-state index in [9.17, 15) is 14.0 Å². The van der Waals surface area contributed by atoms with Gasteiger partial charge in [0.05, 0.1) is 18.2 Å². The van der Waals surface area contributed by atoms with Crippen LogP contribution in [0, 0.1) is 35.4 Å². The second kappa shape index (κ2) is 11.0. The van der Waals surface area contributed by atoms with Gasteiger partial charge in [-0.2, -0.15) is 0 Å². The molecule has 7 nitrogen and oxygen atoms in total. The van der Waals surface area contributed by atoms with Gasteiger partial charge in [-0.3, -0.25) is 9.78 Å². The van der Waals surface area contributed by atoms with Gasteiger partial charge in [0, 0.05) is 37.9 Å². The summed E-state index contributed by atoms with van der Waals surface area (Å²) in [4.78, 5) is 31.6. The van der Waals surface area contributed by atoms with Gasteiger partial charge in [-0.1, -0.05) is 24.3 Å². The fraction of sp³-hybridized carbons (Fsp3) is 0.483. The second-order valence-electron chi connectivity index (χ2n) is 10.2. The SMILES string of the molecule is COCCOC(=O)N1CC[C@@H]2[C@H](C[C@H]3C(=O)O[C@H](C)[C@H]3[C@H]2/C=C/c2ccc(-c3cccc(F)c3)cn2)C1. The number of carbonyl (C=O) groups excluding carboxylic acids is 2. The van der Waals surface area contributed by atoms with Crippen LogP contribution in [0.4, 0.5) is 9.18 Å². The Morgan fingerprint density at radius 3 is 2.86 bits per heavy atom. The van der Waals surface area contributed by atoms with E-state index < -0.39 is 0 Å². The third-order valence-electron chi connectivity index (χ3n) is 8.10. The number of esters is 1. The number of benzene rings is 1. The summed E-state index contributed by atoms with van der Waals surface area (Å²) in [6, 6.07) is 10.3. The number of hydrogen-bond donors (Lipinski definition) is 0. The first kappa shape index (κ1) is 25.4. The summed E-state index contributed by atoms with van der Waals surface area (Å²) in [7, 11) is 1.57. The van der Waals surface area contributed by atoms with Crippen molar-refractivity contribution < 1.29 is 28.2 Å². The highest BCUT2D eigenvalue weighted by molar-refractivity contribution is 5.76. The van der Waals surface area contributed by atoms with E-state index in [1.165, 1.54) is 12.1 Å². The summed E-state index contributed by atoms with van der Waals surface area (Å²) in [6.07, 6.45) is 7.05. The summed E-state index contributed by atoms with van der Waals surface area (Å²) in [6.45, 7) is 3.77. The first-order chi connectivity index (χ1) is 17.9. The van der Waals surface area contributed by atoms with Crippen LogP contribution in [-0.4, -0.2) is 61.5 Å². The minimum atomic E-state index is -0.324. The zero-order valence-corrected chi connectivity index (χ0v) is 21.2. The summed E-state index contributed by atoms with van der Waals surface area (Å²) >= 11 is 0. The lowest BCUT2D eigenvalue weighted by Crippen LogP contribution is -2.51. The van der Waals surface area contributed by atoms with Crippen molar-refractivity contribution in [2.24, 2.45) is 29.6 Å². The molecule has 1 saturated carbocycles. The number of aromatic nitrogens is 1. The average molecular weight is 509 g/mol. The molecular weight excluding hydrogens is 475 g/mol. The van der Waals surface area contributed by atoms with Gasteiger partial charge in [-0.05, 0) is 67.4 Å². The van der Waals surface area contributed by atoms with Gasteiger partial charge in [-0.15, -0.1) is 0 Å². The predicted octanol–water partition coefficient (Wildman–Crippen LogP) is 4.82. The van der Waals surface area contributed by atoms with Crippen molar-refractivity contribution in [3.05, 3.63) is 60.2 Å². The minimum Gasteiger partial charge on any atom is -0.462 e. The molecule has 0 unspecified atom stereocenters. The van der Waals surface area contributed by atoms with E-state index in [-0.39, 0.29) is 54.3 Å². The summed E-state index contributed by atoms with van der Waals surface area (Å²) < 4.78 is 29.6. The molecule has 1 aromatic carbocycles. The van der Waals surface area contributed by atoms with Gasteiger partial charge >= 0.3 is 12.1 Å². The van der Waals surface area contributed by atoms with Crippen molar-refractivity contribution in [2.75, 3.05) is 33.4 Å². The number of piperidine rings is 1. The lowest BCUT2D eigenvalue weighted by atomic mass is 9.59. The fourth-order valence-electron chi connectivity index (χ4n) is 6.38. The number of pyridine rings is 1. The number of amides is 1. The van der Waals surface area contributed by atoms with Crippen molar-refractivity contribution in [1.29, 1.82) is 0 Å². The standard InChI is InChI=1S/C29H33FN2O5/c1-18-27-25(9-8-23-7-6-20(16-31-23)19-4-3-5-22(30)14-19)24-10-11-32(29(34)36-13-12-35-2)17-21(24)15-26(27)28(33)37-18/h3-9,14,16,18,21,24-27H,10-13,15,17H2,1-2H3/b9-8+/t18-,21-,24-,25+,26-,27+/m1/s1. The first-order valence-corrected chi connectivity index (χ1v) is 13.0. The van der Waals surface area contributed by atoms with Crippen LogP contribution in [0.5, 0.6) is 0 Å². The Morgan fingerprint density at radius 1 is 1.24 bits per heavy atom. The van der Waals surface area contributed by atoms with Crippen LogP contribution < -0.4 is 0 Å². The molecular formula is C29H33FN2O5. The highest BCUT2D eigenvalue weighted by Gasteiger charge is 2.54. The molecule has 0 spiro atoms. The summed E-state index contributed by atoms with van der Waals surface area (Å²) in [5.41, 5.74) is 2.43. The molecule has 6 atom stereocenters. The lowest BCUT2D eigenvalue weighted by molar-refractivity contribution is -0.144. The lowest BCUT2D eigenvalue weighted by Gasteiger charge is -2.48. The predicted molar refractivity (Wildman–Crippen MR) is 136 cm³/mol. The highest BCUT2D eigenvalue weighted by atomic mass is 19.1. The molecule has 0 N–H and O–H groups in total. The number of carbonyl (C=O) groups is 2. The Bertz CT molecular complexity index is 1150. The molecule has 5 rings (SSSR count). The maximum atomic E-state index is 13.6. The number of hydrogen-bond acceptors (Lipinski definition) is 6. The van der Waals surface area contributed by atoms with Gasteiger partial charge in [-0.25, -0.2) is 9.18 Å². The molecule has 3 heterocycles. The van der Waals surface area contributed by atoms with Crippen LogP contribution in [-0.2, 0) is 19.0 Å². The number of rotatable bonds is 6. The van der Waals surface area contributed by atoms with Gasteiger partial charge in [0.1, 0.15) is 18.5 Å². The molecule has 3 aliphatic rings. The maximum absolute atomic E-state index is 13.6. The van der Waals surface area contributed by atoms with E-state index >= 15 is 0 Å². The van der Waals surface area contributed by atoms with Crippen LogP contribution >= 0.6 is 0 Å². The minimum absolute atomic E-state index is 0.108. The Morgan fingerprint density at radius 2 is 2.11 bits per heavy atom. The zero-order chi connectivity index (χ0) is 25.9. The van der Waals surface area contributed by atoms with Crippen molar-refractivity contribution in [3.63, 3.8) is 0 Å². The Kier molecular flexibility index (Phi) is 7.55. The number of halogens is 1. The number of ether oxygens (including phenoxy) is 3. The van der Waals surface area contributed by atoms with Gasteiger partial charge in [0.25, 0.3) is 0 Å². The van der Waals surface area contributed by atoms with Crippen molar-refractivity contribution in [3.8, 4) is 11.1 Å². The first-order valence-electron chi connectivity index (χ1n) is 13.0. The van der Waals surface area contributed by atoms with Crippen LogP contribution in [0.1, 0.15) is 25.5 Å². The molecule has 3 fully saturated rings. The summed E-state index contributed by atoms with van der Waals surface area (Å²) in [5, 5.41) is 0. The van der Waals surface area contributed by atoms with Gasteiger partial charge in [0.15, 0.2) is 0 Å². The van der Waals surface area contributed by atoms with Crippen LogP contribution in [0.25, 0.3) is 17.2 Å². The number of likely N-dealkylation sites (tertiary alicyclic amines) is 1. The Hall–Kier alpha value is -3.26. The van der Waals surface area contributed by atoms with E-state index in [1.54, 1.807) is 24.3 Å². The topological polar surface area (TPSA) is 78.0 Å². The van der Waals surface area contributed by atoms with Gasteiger partial charge < -0.3 is 19.1 Å². The molecule has 196 valence electrons. The molecule has 1 aliphatic carbocycles. The van der Waals surface area contributed by atoms with Gasteiger partial charge in [0.2, 0.25) is 0 Å². The van der Waals surface area contributed by atoms with Crippen LogP contribution in [0.15, 0.2) is 48.7 Å². The molecule has 2 saturated heterocycles. The maximum Gasteiger partial charge on any atom is 0.409 e. The van der Waals surface area contributed by atoms with E-state index in [0.29, 0.717) is 25.6 Å². The number of allylic oxidation sites excluding steroid dienone is 1. The molecule has 37 heavy (non-hydrogen) atoms. The number of fused-ring (bicyclic) bond motifs is 2. The third-order valence-corrected chi connectivity index (χ3v) is 8.10. The number of methoxy groups -OCH3 is 1. The average Bonchev–Trinajstić information content (AvgIpc) is 3.19. The van der Waals surface area contributed by atoms with Crippen LogP contribution in [0.3, 0.4) is 0 Å². The molecule has 2 aliphatic heterocycles. The third kappa shape index (κ3) is 5.39. The fourth-order valence-corrected chi connectivity index (χ4v) is 6.38. The highest BCUT2D eigenvalue weighted by Crippen LogP contribution is 2.51. The normalized spacial score (nSPS) is 29.1. The van der Waals surface area contributed by atoms with E-state index in [1.807, 2.05) is 31.2 Å².